The molecule has 21 heavy (non-hydrogen) atoms. The van der Waals surface area contributed by atoms with Crippen LogP contribution in [0.1, 0.15) is 16.7 Å². The van der Waals surface area contributed by atoms with Crippen molar-refractivity contribution in [2.45, 2.75) is 12.5 Å². The topological polar surface area (TPSA) is 33.0 Å². The highest BCUT2D eigenvalue weighted by Gasteiger charge is 2.12. The van der Waals surface area contributed by atoms with Crippen LogP contribution in [0, 0.1) is 17.1 Å². The van der Waals surface area contributed by atoms with E-state index in [0.29, 0.717) is 26.9 Å². The van der Waals surface area contributed by atoms with Crippen molar-refractivity contribution in [2.24, 2.45) is 0 Å². The molecule has 0 saturated heterocycles. The fraction of sp³-hybridized carbons (Fsp3) is 0.133. The summed E-state index contributed by atoms with van der Waals surface area (Å²) in [7, 11) is 0. The molecule has 0 bridgehead atoms. The van der Waals surface area contributed by atoms with Gasteiger partial charge in [-0.1, -0.05) is 29.3 Å². The first kappa shape index (κ1) is 15.9. The lowest BCUT2D eigenvalue weighted by atomic mass is 10.1. The van der Waals surface area contributed by atoms with Crippen molar-refractivity contribution in [2.75, 3.05) is 0 Å². The van der Waals surface area contributed by atoms with Crippen molar-refractivity contribution in [1.29, 1.82) is 5.26 Å². The number of hydrogen-bond acceptors (Lipinski definition) is 2. The molecule has 0 aliphatic heterocycles. The summed E-state index contributed by atoms with van der Waals surface area (Å²) in [5.41, 5.74) is 1.20. The van der Waals surface area contributed by atoms with Gasteiger partial charge in [-0.15, -0.1) is 11.6 Å². The minimum absolute atomic E-state index is 0.0250. The van der Waals surface area contributed by atoms with Crippen LogP contribution >= 0.6 is 34.8 Å². The first-order valence-corrected chi connectivity index (χ1v) is 7.19. The maximum atomic E-state index is 13.8. The van der Waals surface area contributed by atoms with Crippen LogP contribution in [-0.2, 0) is 12.5 Å². The molecular formula is C15H9Cl3FNO. The molecule has 0 aliphatic carbocycles. The summed E-state index contributed by atoms with van der Waals surface area (Å²) in [5.74, 6) is 0.0391. The molecule has 0 aromatic heterocycles. The maximum Gasteiger partial charge on any atom is 0.142 e. The molecule has 2 rings (SSSR count). The smallest absolute Gasteiger partial charge is 0.142 e. The van der Waals surface area contributed by atoms with Crippen molar-refractivity contribution >= 4 is 34.8 Å². The molecule has 0 spiro atoms. The third-order valence-electron chi connectivity index (χ3n) is 2.78. The number of alkyl halides is 1. The lowest BCUT2D eigenvalue weighted by Gasteiger charge is -2.13. The maximum absolute atomic E-state index is 13.8. The molecule has 2 aromatic carbocycles. The quantitative estimate of drug-likeness (QED) is 0.703. The van der Waals surface area contributed by atoms with Gasteiger partial charge in [0.15, 0.2) is 0 Å². The predicted molar refractivity (Wildman–Crippen MR) is 81.5 cm³/mol. The Morgan fingerprint density at radius 3 is 2.52 bits per heavy atom. The molecule has 2 nitrogen and oxygen atoms in total. The molecule has 0 radical (unpaired) electrons. The van der Waals surface area contributed by atoms with Crippen molar-refractivity contribution < 1.29 is 9.13 Å². The van der Waals surface area contributed by atoms with Gasteiger partial charge in [-0.25, -0.2) is 4.39 Å². The van der Waals surface area contributed by atoms with E-state index in [0.717, 1.165) is 6.07 Å². The van der Waals surface area contributed by atoms with E-state index in [1.54, 1.807) is 6.07 Å². The average Bonchev–Trinajstić information content (AvgIpc) is 2.46. The van der Waals surface area contributed by atoms with Crippen LogP contribution in [-0.4, -0.2) is 0 Å². The van der Waals surface area contributed by atoms with Gasteiger partial charge in [0.05, 0.1) is 22.5 Å². The zero-order valence-corrected chi connectivity index (χ0v) is 12.9. The van der Waals surface area contributed by atoms with Crippen LogP contribution in [0.4, 0.5) is 4.39 Å². The lowest BCUT2D eigenvalue weighted by molar-refractivity contribution is 0.298. The van der Waals surface area contributed by atoms with Gasteiger partial charge in [0, 0.05) is 16.1 Å². The first-order chi connectivity index (χ1) is 10.0. The molecule has 0 heterocycles. The third kappa shape index (κ3) is 3.79. The number of halogens is 4. The van der Waals surface area contributed by atoms with Crippen LogP contribution in [0.5, 0.6) is 5.75 Å². The minimum Gasteiger partial charge on any atom is -0.487 e. The van der Waals surface area contributed by atoms with E-state index in [1.807, 2.05) is 6.07 Å². The standard InChI is InChI=1S/C15H9Cl3FNO/c16-6-11-4-12(17)5-13(18)15(11)21-8-10-2-1-9(7-20)3-14(10)19/h1-5H,6,8H2. The normalized spacial score (nSPS) is 10.2. The fourth-order valence-corrected chi connectivity index (χ4v) is 2.55. The Morgan fingerprint density at radius 2 is 1.90 bits per heavy atom. The molecular weight excluding hydrogens is 336 g/mol. The minimum atomic E-state index is -0.508. The van der Waals surface area contributed by atoms with Crippen molar-refractivity contribution in [3.05, 3.63) is 62.9 Å². The van der Waals surface area contributed by atoms with Crippen molar-refractivity contribution in [1.82, 2.24) is 0 Å². The Kier molecular flexibility index (Phi) is 5.30. The number of rotatable bonds is 4. The van der Waals surface area contributed by atoms with E-state index in [4.69, 9.17) is 44.8 Å². The van der Waals surface area contributed by atoms with Gasteiger partial charge >= 0.3 is 0 Å². The fourth-order valence-electron chi connectivity index (χ4n) is 1.76. The Morgan fingerprint density at radius 1 is 1.14 bits per heavy atom. The predicted octanol–water partition coefficient (Wildman–Crippen LogP) is 5.32. The molecule has 0 saturated carbocycles. The summed E-state index contributed by atoms with van der Waals surface area (Å²) < 4.78 is 19.3. The van der Waals surface area contributed by atoms with Gasteiger partial charge in [-0.3, -0.25) is 0 Å². The molecule has 0 N–H and O–H groups in total. The number of ether oxygens (including phenoxy) is 1. The highest BCUT2D eigenvalue weighted by molar-refractivity contribution is 6.36. The van der Waals surface area contributed by atoms with Gasteiger partial charge in [0.2, 0.25) is 0 Å². The lowest BCUT2D eigenvalue weighted by Crippen LogP contribution is -2.01. The van der Waals surface area contributed by atoms with E-state index in [2.05, 4.69) is 0 Å². The summed E-state index contributed by atoms with van der Waals surface area (Å²) in [4.78, 5) is 0. The number of nitriles is 1. The number of nitrogens with zero attached hydrogens (tertiary/aromatic N) is 1. The van der Waals surface area contributed by atoms with E-state index in [-0.39, 0.29) is 18.1 Å². The van der Waals surface area contributed by atoms with Crippen LogP contribution in [0.2, 0.25) is 10.0 Å². The van der Waals surface area contributed by atoms with Gasteiger partial charge in [0.1, 0.15) is 18.2 Å². The van der Waals surface area contributed by atoms with E-state index in [9.17, 15) is 4.39 Å². The Balaban J connectivity index is 2.23. The SMILES string of the molecule is N#Cc1ccc(COc2c(Cl)cc(Cl)cc2CCl)c(F)c1. The Bertz CT molecular complexity index is 713. The second-order valence-corrected chi connectivity index (χ2v) is 5.33. The molecule has 0 atom stereocenters. The summed E-state index contributed by atoms with van der Waals surface area (Å²) in [6.45, 7) is -0.0250. The van der Waals surface area contributed by atoms with Crippen LogP contribution in [0.25, 0.3) is 0 Å². The molecule has 0 fully saturated rings. The molecule has 2 aromatic rings. The summed E-state index contributed by atoms with van der Waals surface area (Å²) >= 11 is 17.8. The Hall–Kier alpha value is -1.47. The second kappa shape index (κ2) is 7.00. The largest absolute Gasteiger partial charge is 0.487 e. The van der Waals surface area contributed by atoms with Gasteiger partial charge in [-0.05, 0) is 24.3 Å². The summed E-state index contributed by atoms with van der Waals surface area (Å²) in [6.07, 6.45) is 0. The molecule has 0 amide bonds. The zero-order valence-electron chi connectivity index (χ0n) is 10.7. The van der Waals surface area contributed by atoms with Crippen LogP contribution in [0.15, 0.2) is 30.3 Å². The van der Waals surface area contributed by atoms with Gasteiger partial charge in [-0.2, -0.15) is 5.26 Å². The average molecular weight is 345 g/mol. The molecule has 0 unspecified atom stereocenters. The Labute approximate surface area is 136 Å². The highest BCUT2D eigenvalue weighted by atomic mass is 35.5. The number of hydrogen-bond donors (Lipinski definition) is 0. The van der Waals surface area contributed by atoms with Gasteiger partial charge < -0.3 is 4.74 Å². The molecule has 0 aliphatic rings. The molecule has 108 valence electrons. The van der Waals surface area contributed by atoms with Crippen molar-refractivity contribution in [3.8, 4) is 11.8 Å². The monoisotopic (exact) mass is 343 g/mol. The molecule has 6 heteroatoms. The summed E-state index contributed by atoms with van der Waals surface area (Å²) in [5, 5.41) is 9.46. The van der Waals surface area contributed by atoms with Crippen LogP contribution in [0.3, 0.4) is 0 Å². The van der Waals surface area contributed by atoms with Crippen molar-refractivity contribution in [3.63, 3.8) is 0 Å². The van der Waals surface area contributed by atoms with E-state index in [1.165, 1.54) is 18.2 Å². The third-order valence-corrected chi connectivity index (χ3v) is 3.57. The first-order valence-electron chi connectivity index (χ1n) is 5.90. The van der Waals surface area contributed by atoms with Crippen LogP contribution < -0.4 is 4.74 Å². The van der Waals surface area contributed by atoms with Gasteiger partial charge in [0.25, 0.3) is 0 Å². The van der Waals surface area contributed by atoms with E-state index >= 15 is 0 Å². The van der Waals surface area contributed by atoms with E-state index < -0.39 is 5.82 Å². The highest BCUT2D eigenvalue weighted by Crippen LogP contribution is 2.34. The summed E-state index contributed by atoms with van der Waals surface area (Å²) in [6, 6.07) is 9.22. The second-order valence-electron chi connectivity index (χ2n) is 4.22. The zero-order chi connectivity index (χ0) is 15.4. The number of benzene rings is 2.